The van der Waals surface area contributed by atoms with Crippen LogP contribution in [-0.2, 0) is 6.42 Å². The van der Waals surface area contributed by atoms with Crippen molar-refractivity contribution in [2.75, 3.05) is 0 Å². The topological polar surface area (TPSA) is 49.7 Å². The summed E-state index contributed by atoms with van der Waals surface area (Å²) in [6, 6.07) is 29.2. The van der Waals surface area contributed by atoms with E-state index in [9.17, 15) is 10.2 Å². The van der Waals surface area contributed by atoms with Crippen LogP contribution in [0.1, 0.15) is 45.6 Å². The normalized spacial score (nSPS) is 21.5. The summed E-state index contributed by atoms with van der Waals surface area (Å²) in [5, 5.41) is 23.6. The molecule has 0 spiro atoms. The number of aliphatic hydroxyl groups excluding tert-OH is 1. The van der Waals surface area contributed by atoms with Gasteiger partial charge >= 0.3 is 8.32 Å². The van der Waals surface area contributed by atoms with E-state index in [1.54, 1.807) is 0 Å². The van der Waals surface area contributed by atoms with E-state index in [0.717, 1.165) is 17.7 Å². The van der Waals surface area contributed by atoms with E-state index < -0.39 is 20.0 Å². The van der Waals surface area contributed by atoms with Gasteiger partial charge in [0.1, 0.15) is 5.75 Å². The molecule has 0 aliphatic heterocycles. The van der Waals surface area contributed by atoms with Crippen LogP contribution in [0.25, 0.3) is 0 Å². The molecule has 4 rings (SSSR count). The molecule has 168 valence electrons. The highest BCUT2D eigenvalue weighted by Gasteiger charge is 2.52. The summed E-state index contributed by atoms with van der Waals surface area (Å²) in [4.78, 5) is 0. The number of hydrogen-bond acceptors (Lipinski definition) is 3. The van der Waals surface area contributed by atoms with E-state index in [1.807, 2.05) is 36.4 Å². The van der Waals surface area contributed by atoms with Gasteiger partial charge in [-0.15, -0.1) is 0 Å². The molecule has 2 atom stereocenters. The summed E-state index contributed by atoms with van der Waals surface area (Å²) >= 11 is 0. The Hall–Kier alpha value is -2.40. The molecule has 1 saturated carbocycles. The first-order chi connectivity index (χ1) is 15.2. The third-order valence-corrected chi connectivity index (χ3v) is 11.8. The average Bonchev–Trinajstić information content (AvgIpc) is 3.10. The van der Waals surface area contributed by atoms with E-state index in [0.29, 0.717) is 19.3 Å². The zero-order valence-electron chi connectivity index (χ0n) is 19.3. The maximum atomic E-state index is 10.9. The fourth-order valence-corrected chi connectivity index (χ4v) is 9.55. The zero-order chi connectivity index (χ0) is 22.8. The summed E-state index contributed by atoms with van der Waals surface area (Å²) in [7, 11) is -2.70. The molecule has 1 fully saturated rings. The maximum absolute atomic E-state index is 10.9. The molecule has 0 heterocycles. The van der Waals surface area contributed by atoms with Gasteiger partial charge in [-0.05, 0) is 52.4 Å². The highest BCUT2D eigenvalue weighted by Crippen LogP contribution is 2.38. The SMILES string of the molecule is CC(C)(C)[Si](Oc1cccc(C[C@@]2(O)CCC[C@@H]2O)c1)(c1ccccc1)c1ccccc1. The van der Waals surface area contributed by atoms with E-state index in [1.165, 1.54) is 10.4 Å². The predicted octanol–water partition coefficient (Wildman–Crippen LogP) is 4.44. The van der Waals surface area contributed by atoms with Gasteiger partial charge in [0.15, 0.2) is 0 Å². The van der Waals surface area contributed by atoms with Gasteiger partial charge in [-0.1, -0.05) is 93.6 Å². The minimum Gasteiger partial charge on any atom is -0.534 e. The lowest BCUT2D eigenvalue weighted by Crippen LogP contribution is -2.68. The summed E-state index contributed by atoms with van der Waals surface area (Å²) in [5.41, 5.74) is -0.0559. The second-order valence-corrected chi connectivity index (χ2v) is 14.3. The van der Waals surface area contributed by atoms with Crippen LogP contribution in [-0.4, -0.2) is 30.2 Å². The van der Waals surface area contributed by atoms with Crippen LogP contribution >= 0.6 is 0 Å². The Bertz CT molecular complexity index is 990. The van der Waals surface area contributed by atoms with Crippen LogP contribution < -0.4 is 14.8 Å². The Labute approximate surface area is 192 Å². The highest BCUT2D eigenvalue weighted by atomic mass is 28.4. The van der Waals surface area contributed by atoms with Gasteiger partial charge in [0.05, 0.1) is 11.7 Å². The second kappa shape index (κ2) is 8.85. The van der Waals surface area contributed by atoms with E-state index in [4.69, 9.17) is 4.43 Å². The van der Waals surface area contributed by atoms with Crippen molar-refractivity contribution in [1.82, 2.24) is 0 Å². The van der Waals surface area contributed by atoms with Crippen LogP contribution in [0.15, 0.2) is 84.9 Å². The molecule has 0 unspecified atom stereocenters. The van der Waals surface area contributed by atoms with Gasteiger partial charge in [-0.2, -0.15) is 0 Å². The van der Waals surface area contributed by atoms with Crippen LogP contribution in [0.2, 0.25) is 5.04 Å². The van der Waals surface area contributed by atoms with E-state index >= 15 is 0 Å². The molecule has 0 bridgehead atoms. The summed E-state index contributed by atoms with van der Waals surface area (Å²) < 4.78 is 7.10. The van der Waals surface area contributed by atoms with Gasteiger partial charge in [0, 0.05) is 6.42 Å². The third kappa shape index (κ3) is 4.27. The predicted molar refractivity (Wildman–Crippen MR) is 133 cm³/mol. The van der Waals surface area contributed by atoms with Crippen LogP contribution in [0.5, 0.6) is 5.75 Å². The molecule has 0 amide bonds. The highest BCUT2D eigenvalue weighted by molar-refractivity contribution is 7.00. The monoisotopic (exact) mass is 446 g/mol. The Morgan fingerprint density at radius 1 is 0.906 bits per heavy atom. The minimum absolute atomic E-state index is 0.119. The Balaban J connectivity index is 1.77. The average molecular weight is 447 g/mol. The maximum Gasteiger partial charge on any atom is 0.319 e. The molecule has 1 aliphatic rings. The second-order valence-electron chi connectivity index (χ2n) is 10.1. The first-order valence-electron chi connectivity index (χ1n) is 11.5. The van der Waals surface area contributed by atoms with Crippen LogP contribution in [0, 0.1) is 0 Å². The Kier molecular flexibility index (Phi) is 6.30. The van der Waals surface area contributed by atoms with Crippen molar-refractivity contribution in [3.05, 3.63) is 90.5 Å². The molecule has 4 heteroatoms. The molecular formula is C28H34O3Si. The molecule has 0 radical (unpaired) electrons. The van der Waals surface area contributed by atoms with Crippen LogP contribution in [0.4, 0.5) is 0 Å². The minimum atomic E-state index is -2.70. The van der Waals surface area contributed by atoms with Gasteiger partial charge in [-0.3, -0.25) is 0 Å². The van der Waals surface area contributed by atoms with Crippen molar-refractivity contribution >= 4 is 18.7 Å². The summed E-state index contributed by atoms with van der Waals surface area (Å²) in [6.07, 6.45) is 1.92. The van der Waals surface area contributed by atoms with Gasteiger partial charge in [0.2, 0.25) is 0 Å². The number of rotatable bonds is 6. The van der Waals surface area contributed by atoms with Gasteiger partial charge in [0.25, 0.3) is 0 Å². The standard InChI is InChI=1S/C28H34O3Si/c1-27(2,3)32(24-14-6-4-7-15-24,25-16-8-5-9-17-25)31-23-13-10-12-22(20-23)21-28(30)19-11-18-26(28)29/h4-10,12-17,20,26,29-30H,11,18-19,21H2,1-3H3/t26-,28-/m0/s1. The fourth-order valence-electron chi connectivity index (χ4n) is 5.14. The van der Waals surface area contributed by atoms with Gasteiger partial charge < -0.3 is 14.6 Å². The lowest BCUT2D eigenvalue weighted by atomic mass is 9.91. The first-order valence-corrected chi connectivity index (χ1v) is 13.4. The molecule has 3 aromatic carbocycles. The van der Waals surface area contributed by atoms with Gasteiger partial charge in [-0.25, -0.2) is 0 Å². The molecule has 32 heavy (non-hydrogen) atoms. The lowest BCUT2D eigenvalue weighted by molar-refractivity contribution is -0.0521. The van der Waals surface area contributed by atoms with Crippen molar-refractivity contribution < 1.29 is 14.6 Å². The van der Waals surface area contributed by atoms with E-state index in [2.05, 4.69) is 69.3 Å². The molecule has 3 aromatic rings. The zero-order valence-corrected chi connectivity index (χ0v) is 20.3. The van der Waals surface area contributed by atoms with Crippen molar-refractivity contribution in [3.8, 4) is 5.75 Å². The van der Waals surface area contributed by atoms with E-state index in [-0.39, 0.29) is 5.04 Å². The Morgan fingerprint density at radius 2 is 1.50 bits per heavy atom. The molecule has 1 aliphatic carbocycles. The number of hydrogen-bond donors (Lipinski definition) is 2. The molecular weight excluding hydrogens is 412 g/mol. The lowest BCUT2D eigenvalue weighted by Gasteiger charge is -2.43. The number of benzene rings is 3. The first kappa shape index (κ1) is 22.8. The number of aliphatic hydroxyl groups is 2. The Morgan fingerprint density at radius 3 is 2.00 bits per heavy atom. The molecule has 3 nitrogen and oxygen atoms in total. The van der Waals surface area contributed by atoms with Crippen molar-refractivity contribution in [3.63, 3.8) is 0 Å². The molecule has 2 N–H and O–H groups in total. The molecule has 0 aromatic heterocycles. The quantitative estimate of drug-likeness (QED) is 0.550. The summed E-state index contributed by atoms with van der Waals surface area (Å²) in [5.74, 6) is 0.813. The summed E-state index contributed by atoms with van der Waals surface area (Å²) in [6.45, 7) is 6.79. The third-order valence-electron chi connectivity index (χ3n) is 6.80. The van der Waals surface area contributed by atoms with Crippen molar-refractivity contribution in [1.29, 1.82) is 0 Å². The van der Waals surface area contributed by atoms with Crippen molar-refractivity contribution in [2.45, 2.75) is 63.2 Å². The van der Waals surface area contributed by atoms with Crippen molar-refractivity contribution in [2.24, 2.45) is 0 Å². The largest absolute Gasteiger partial charge is 0.534 e. The van der Waals surface area contributed by atoms with Crippen LogP contribution in [0.3, 0.4) is 0 Å². The smallest absolute Gasteiger partial charge is 0.319 e. The molecule has 0 saturated heterocycles. The fraction of sp³-hybridized carbons (Fsp3) is 0.357.